The molecule has 25 heavy (non-hydrogen) atoms. The van der Waals surface area contributed by atoms with E-state index in [-0.39, 0.29) is 12.5 Å². The third kappa shape index (κ3) is 30.1. The number of nitrogen functional groups attached to an aromatic ring is 1. The lowest BCUT2D eigenvalue weighted by Crippen LogP contribution is -2.21. The van der Waals surface area contributed by atoms with Gasteiger partial charge in [-0.05, 0) is 24.7 Å². The molecule has 1 amide bonds. The van der Waals surface area contributed by atoms with Crippen LogP contribution >= 0.6 is 0 Å². The van der Waals surface area contributed by atoms with Crippen molar-refractivity contribution in [2.45, 2.75) is 33.7 Å². The van der Waals surface area contributed by atoms with Crippen LogP contribution in [0.5, 0.6) is 0 Å². The zero-order valence-corrected chi connectivity index (χ0v) is 16.1. The number of nitrogens with one attached hydrogen (secondary N) is 2. The molecule has 0 aliphatic carbocycles. The zero-order chi connectivity index (χ0) is 19.9. The summed E-state index contributed by atoms with van der Waals surface area (Å²) in [4.78, 5) is 19.4. The fraction of sp³-hybridized carbons (Fsp3) is 0.474. The van der Waals surface area contributed by atoms with Gasteiger partial charge in [0.25, 0.3) is 0 Å². The highest BCUT2D eigenvalue weighted by Crippen LogP contribution is 2.04. The molecule has 4 N–H and O–H groups in total. The number of aldehydes is 1. The second-order valence-electron chi connectivity index (χ2n) is 4.72. The number of hydrogen-bond donors (Lipinski definition) is 3. The molecular weight excluding hydrogens is 318 g/mol. The number of amides is 1. The molecule has 0 atom stereocenters. The second-order valence-corrected chi connectivity index (χ2v) is 4.72. The molecule has 1 aromatic rings. The van der Waals surface area contributed by atoms with Crippen LogP contribution in [0.2, 0.25) is 0 Å². The third-order valence-corrected chi connectivity index (χ3v) is 2.02. The molecule has 0 aliphatic rings. The van der Waals surface area contributed by atoms with Gasteiger partial charge in [-0.3, -0.25) is 4.79 Å². The van der Waals surface area contributed by atoms with E-state index in [0.29, 0.717) is 12.9 Å². The number of anilines is 1. The molecule has 0 aliphatic heterocycles. The Balaban J connectivity index is -0.000000284. The number of terminal acetylenes is 1. The van der Waals surface area contributed by atoms with E-state index in [2.05, 4.69) is 35.1 Å². The lowest BCUT2D eigenvalue weighted by Gasteiger charge is -1.98. The van der Waals surface area contributed by atoms with E-state index in [0.717, 1.165) is 12.2 Å². The highest BCUT2D eigenvalue weighted by Gasteiger charge is 1.87. The number of carbonyl (C=O) groups is 2. The second kappa shape index (κ2) is 23.9. The van der Waals surface area contributed by atoms with Crippen LogP contribution < -0.4 is 16.4 Å². The molecule has 0 saturated heterocycles. The van der Waals surface area contributed by atoms with E-state index < -0.39 is 0 Å². The maximum absolute atomic E-state index is 9.93. The van der Waals surface area contributed by atoms with Gasteiger partial charge in [-0.1, -0.05) is 38.3 Å². The molecule has 0 spiro atoms. The number of benzene rings is 1. The Morgan fingerprint density at radius 3 is 2.08 bits per heavy atom. The smallest absolute Gasteiger partial charge is 0.217 e. The quantitative estimate of drug-likeness (QED) is 0.428. The minimum Gasteiger partial charge on any atom is -0.399 e. The summed E-state index contributed by atoms with van der Waals surface area (Å²) < 4.78 is 4.45. The molecule has 142 valence electrons. The molecular formula is C19H33N3O3. The van der Waals surface area contributed by atoms with Gasteiger partial charge in [0.05, 0.1) is 6.54 Å². The van der Waals surface area contributed by atoms with Crippen LogP contribution in [0, 0.1) is 12.3 Å². The van der Waals surface area contributed by atoms with Crippen molar-refractivity contribution < 1.29 is 14.3 Å². The van der Waals surface area contributed by atoms with Gasteiger partial charge in [0, 0.05) is 26.3 Å². The van der Waals surface area contributed by atoms with Gasteiger partial charge in [-0.2, -0.15) is 0 Å². The first-order chi connectivity index (χ1) is 11.9. The Labute approximate surface area is 152 Å². The molecule has 6 heteroatoms. The number of hydrogen-bond acceptors (Lipinski definition) is 5. The van der Waals surface area contributed by atoms with Gasteiger partial charge < -0.3 is 25.9 Å². The van der Waals surface area contributed by atoms with Crippen molar-refractivity contribution in [3.63, 3.8) is 0 Å². The van der Waals surface area contributed by atoms with E-state index in [1.165, 1.54) is 18.9 Å². The number of methoxy groups -OCH3 is 1. The summed E-state index contributed by atoms with van der Waals surface area (Å²) in [7, 11) is 3.50. The van der Waals surface area contributed by atoms with Crippen molar-refractivity contribution in [2.75, 3.05) is 33.0 Å². The molecule has 1 aromatic carbocycles. The molecule has 0 unspecified atom stereocenters. The molecule has 0 radical (unpaired) electrons. The van der Waals surface area contributed by atoms with Gasteiger partial charge in [0.15, 0.2) is 0 Å². The summed E-state index contributed by atoms with van der Waals surface area (Å²) in [6.07, 6.45) is 6.65. The summed E-state index contributed by atoms with van der Waals surface area (Å²) in [6, 6.07) is 7.86. The standard InChI is InChI=1S/C8H12N2.C4H7NO2.C4H6O.C3H8/c1-10-6-7-2-4-8(9)5-3-7;1-4(7)5-2-3-6;1-3-4-5-2;1-3-2/h2-5,10H,6,9H2,1H3;3H,2H2,1H3,(H,5,7);1H,4H2,2H3;3H2,1-2H3. The predicted octanol–water partition coefficient (Wildman–Crippen LogP) is 1.99. The van der Waals surface area contributed by atoms with Crippen molar-refractivity contribution in [2.24, 2.45) is 0 Å². The third-order valence-electron chi connectivity index (χ3n) is 2.02. The van der Waals surface area contributed by atoms with Crippen LogP contribution in [0.25, 0.3) is 0 Å². The van der Waals surface area contributed by atoms with Crippen molar-refractivity contribution in [1.29, 1.82) is 0 Å². The Hall–Kier alpha value is -2.36. The van der Waals surface area contributed by atoms with Crippen molar-refractivity contribution in [3.8, 4) is 12.3 Å². The van der Waals surface area contributed by atoms with Crippen LogP contribution in [0.3, 0.4) is 0 Å². The maximum Gasteiger partial charge on any atom is 0.217 e. The number of carbonyl (C=O) groups excluding carboxylic acids is 2. The first-order valence-electron chi connectivity index (χ1n) is 8.02. The molecule has 0 saturated carbocycles. The molecule has 0 bridgehead atoms. The summed E-state index contributed by atoms with van der Waals surface area (Å²) in [5.74, 6) is 2.12. The lowest BCUT2D eigenvalue weighted by atomic mass is 10.2. The minimum atomic E-state index is -0.174. The highest BCUT2D eigenvalue weighted by molar-refractivity contribution is 5.75. The fourth-order valence-corrected chi connectivity index (χ4v) is 1.11. The van der Waals surface area contributed by atoms with Crippen LogP contribution in [0.1, 0.15) is 32.8 Å². The van der Waals surface area contributed by atoms with E-state index in [1.54, 1.807) is 7.11 Å². The topological polar surface area (TPSA) is 93.4 Å². The van der Waals surface area contributed by atoms with Crippen molar-refractivity contribution >= 4 is 17.9 Å². The molecule has 1 rings (SSSR count). The molecule has 0 aromatic heterocycles. The van der Waals surface area contributed by atoms with Gasteiger partial charge in [0.2, 0.25) is 5.91 Å². The summed E-state index contributed by atoms with van der Waals surface area (Å²) in [6.45, 7) is 7.05. The van der Waals surface area contributed by atoms with Gasteiger partial charge in [-0.25, -0.2) is 0 Å². The average Bonchev–Trinajstić information content (AvgIpc) is 2.58. The Morgan fingerprint density at radius 1 is 1.32 bits per heavy atom. The van der Waals surface area contributed by atoms with Crippen molar-refractivity contribution in [3.05, 3.63) is 29.8 Å². The van der Waals surface area contributed by atoms with Crippen LogP contribution in [0.15, 0.2) is 24.3 Å². The minimum absolute atomic E-state index is 0.120. The number of nitrogens with two attached hydrogens (primary N) is 1. The summed E-state index contributed by atoms with van der Waals surface area (Å²) in [5.41, 5.74) is 7.58. The van der Waals surface area contributed by atoms with Crippen LogP contribution in [0.4, 0.5) is 5.69 Å². The maximum atomic E-state index is 9.93. The summed E-state index contributed by atoms with van der Waals surface area (Å²) in [5, 5.41) is 5.35. The normalized spacial score (nSPS) is 8.00. The molecule has 0 heterocycles. The first kappa shape index (κ1) is 27.5. The van der Waals surface area contributed by atoms with Gasteiger partial charge >= 0.3 is 0 Å². The summed E-state index contributed by atoms with van der Waals surface area (Å²) >= 11 is 0. The van der Waals surface area contributed by atoms with Crippen LogP contribution in [-0.4, -0.2) is 39.5 Å². The Kier molecular flexibility index (Phi) is 26.3. The Bertz CT molecular complexity index is 454. The van der Waals surface area contributed by atoms with Gasteiger partial charge in [-0.15, -0.1) is 6.42 Å². The predicted molar refractivity (Wildman–Crippen MR) is 105 cm³/mol. The molecule has 0 fully saturated rings. The van der Waals surface area contributed by atoms with E-state index in [4.69, 9.17) is 12.2 Å². The Morgan fingerprint density at radius 2 is 1.84 bits per heavy atom. The van der Waals surface area contributed by atoms with E-state index in [9.17, 15) is 9.59 Å². The van der Waals surface area contributed by atoms with Gasteiger partial charge in [0.1, 0.15) is 12.9 Å². The molecule has 6 nitrogen and oxygen atoms in total. The number of rotatable bonds is 5. The van der Waals surface area contributed by atoms with Crippen LogP contribution in [-0.2, 0) is 20.9 Å². The monoisotopic (exact) mass is 351 g/mol. The largest absolute Gasteiger partial charge is 0.399 e. The lowest BCUT2D eigenvalue weighted by molar-refractivity contribution is -0.120. The fourth-order valence-electron chi connectivity index (χ4n) is 1.11. The van der Waals surface area contributed by atoms with Crippen molar-refractivity contribution in [1.82, 2.24) is 10.6 Å². The highest BCUT2D eigenvalue weighted by atomic mass is 16.5. The zero-order valence-electron chi connectivity index (χ0n) is 16.1. The number of ether oxygens (including phenoxy) is 1. The first-order valence-corrected chi connectivity index (χ1v) is 8.02. The SMILES string of the molecule is C#CCOC.CC(=O)NCC=O.CCC.CNCc1ccc(N)cc1. The average molecular weight is 351 g/mol. The van der Waals surface area contributed by atoms with E-state index >= 15 is 0 Å². The van der Waals surface area contributed by atoms with E-state index in [1.807, 2.05) is 31.3 Å².